The van der Waals surface area contributed by atoms with Crippen molar-refractivity contribution in [3.05, 3.63) is 51.5 Å². The van der Waals surface area contributed by atoms with Crippen LogP contribution < -0.4 is 5.32 Å². The number of hydrogen-bond acceptors (Lipinski definition) is 2. The van der Waals surface area contributed by atoms with Crippen LogP contribution in [-0.2, 0) is 12.0 Å². The Morgan fingerprint density at radius 2 is 1.80 bits per heavy atom. The van der Waals surface area contributed by atoms with E-state index in [2.05, 4.69) is 26.1 Å². The number of rotatable bonds is 3. The summed E-state index contributed by atoms with van der Waals surface area (Å²) in [5.41, 5.74) is -0.104. The average Bonchev–Trinajstić information content (AvgIpc) is 2.80. The van der Waals surface area contributed by atoms with Crippen molar-refractivity contribution in [1.82, 2.24) is 0 Å². The molecule has 0 radical (unpaired) electrons. The molecule has 1 aromatic carbocycles. The molecule has 0 saturated carbocycles. The van der Waals surface area contributed by atoms with Crippen molar-refractivity contribution in [2.45, 2.75) is 32.7 Å². The van der Waals surface area contributed by atoms with Gasteiger partial charge in [-0.15, -0.1) is 11.3 Å². The van der Waals surface area contributed by atoms with Crippen molar-refractivity contribution >= 4 is 17.0 Å². The van der Waals surface area contributed by atoms with E-state index in [4.69, 9.17) is 0 Å². The molecule has 2 aromatic rings. The maximum absolute atomic E-state index is 13.5. The van der Waals surface area contributed by atoms with Crippen LogP contribution in [0.3, 0.4) is 0 Å². The Labute approximate surface area is 120 Å². The highest BCUT2D eigenvalue weighted by Gasteiger charge is 2.16. The van der Waals surface area contributed by atoms with Crippen LogP contribution in [0, 0.1) is 17.5 Å². The molecule has 1 nitrogen and oxygen atoms in total. The minimum atomic E-state index is -1.19. The highest BCUT2D eigenvalue weighted by atomic mass is 32.1. The number of thiophene rings is 1. The summed E-state index contributed by atoms with van der Waals surface area (Å²) in [4.78, 5) is 2.19. The Bertz CT molecular complexity index is 614. The number of nitrogens with one attached hydrogen (secondary N) is 1. The number of hydrogen-bond donors (Lipinski definition) is 1. The zero-order valence-corrected chi connectivity index (χ0v) is 12.4. The summed E-state index contributed by atoms with van der Waals surface area (Å²) < 4.78 is 39.6. The van der Waals surface area contributed by atoms with E-state index in [1.807, 2.05) is 12.1 Å². The third-order valence-electron chi connectivity index (χ3n) is 2.85. The summed E-state index contributed by atoms with van der Waals surface area (Å²) in [6, 6.07) is 5.44. The molecule has 0 bridgehead atoms. The van der Waals surface area contributed by atoms with Gasteiger partial charge in [0.15, 0.2) is 11.6 Å². The fraction of sp³-hybridized carbons (Fsp3) is 0.333. The average molecular weight is 299 g/mol. The van der Waals surface area contributed by atoms with Crippen molar-refractivity contribution in [2.75, 3.05) is 5.32 Å². The molecule has 1 heterocycles. The van der Waals surface area contributed by atoms with Gasteiger partial charge in [-0.1, -0.05) is 20.8 Å². The third kappa shape index (κ3) is 3.33. The second-order valence-electron chi connectivity index (χ2n) is 5.62. The molecule has 0 unspecified atom stereocenters. The molecule has 0 fully saturated rings. The van der Waals surface area contributed by atoms with Gasteiger partial charge in [0.25, 0.3) is 0 Å². The summed E-state index contributed by atoms with van der Waals surface area (Å²) in [7, 11) is 0. The molecule has 5 heteroatoms. The lowest BCUT2D eigenvalue weighted by molar-refractivity contribution is 0.497. The van der Waals surface area contributed by atoms with Gasteiger partial charge in [-0.2, -0.15) is 0 Å². The van der Waals surface area contributed by atoms with E-state index >= 15 is 0 Å². The summed E-state index contributed by atoms with van der Waals surface area (Å²) in [5, 5.41) is 2.73. The molecule has 0 aliphatic heterocycles. The lowest BCUT2D eigenvalue weighted by Crippen LogP contribution is -2.07. The molecule has 0 aliphatic rings. The smallest absolute Gasteiger partial charge is 0.182 e. The lowest BCUT2D eigenvalue weighted by atomic mass is 9.95. The van der Waals surface area contributed by atoms with Gasteiger partial charge in [-0.25, -0.2) is 13.2 Å². The van der Waals surface area contributed by atoms with Crippen LogP contribution in [-0.4, -0.2) is 0 Å². The van der Waals surface area contributed by atoms with Gasteiger partial charge in [-0.3, -0.25) is 0 Å². The molecule has 108 valence electrons. The Hall–Kier alpha value is -1.49. The van der Waals surface area contributed by atoms with Crippen LogP contribution in [0.25, 0.3) is 0 Å². The van der Waals surface area contributed by atoms with Gasteiger partial charge in [0, 0.05) is 28.4 Å². The van der Waals surface area contributed by atoms with Gasteiger partial charge < -0.3 is 5.32 Å². The van der Waals surface area contributed by atoms with E-state index in [-0.39, 0.29) is 11.1 Å². The van der Waals surface area contributed by atoms with Gasteiger partial charge in [0.05, 0.1) is 5.69 Å². The normalized spacial score (nSPS) is 11.7. The van der Waals surface area contributed by atoms with E-state index in [0.29, 0.717) is 12.6 Å². The zero-order valence-electron chi connectivity index (χ0n) is 11.6. The molecule has 0 atom stereocenters. The summed E-state index contributed by atoms with van der Waals surface area (Å²) in [5.74, 6) is -3.04. The summed E-state index contributed by atoms with van der Waals surface area (Å²) in [6.45, 7) is 6.66. The summed E-state index contributed by atoms with van der Waals surface area (Å²) in [6.07, 6.45) is 0. The van der Waals surface area contributed by atoms with Crippen molar-refractivity contribution < 1.29 is 13.2 Å². The van der Waals surface area contributed by atoms with E-state index < -0.39 is 17.5 Å². The molecule has 0 aliphatic carbocycles. The van der Waals surface area contributed by atoms with Crippen molar-refractivity contribution in [1.29, 1.82) is 0 Å². The predicted octanol–water partition coefficient (Wildman–Crippen LogP) is 5.08. The first-order chi connectivity index (χ1) is 9.27. The van der Waals surface area contributed by atoms with Gasteiger partial charge in [0.2, 0.25) is 0 Å². The zero-order chi connectivity index (χ0) is 14.9. The first-order valence-corrected chi connectivity index (χ1v) is 7.06. The largest absolute Gasteiger partial charge is 0.378 e. The van der Waals surface area contributed by atoms with Crippen LogP contribution >= 0.6 is 11.3 Å². The van der Waals surface area contributed by atoms with E-state index in [0.717, 1.165) is 10.9 Å². The molecule has 20 heavy (non-hydrogen) atoms. The van der Waals surface area contributed by atoms with Crippen LogP contribution in [0.4, 0.5) is 18.9 Å². The fourth-order valence-corrected chi connectivity index (χ4v) is 2.75. The molecule has 1 N–H and O–H groups in total. The second-order valence-corrected chi connectivity index (χ2v) is 6.79. The van der Waals surface area contributed by atoms with Gasteiger partial charge >= 0.3 is 0 Å². The molecule has 0 amide bonds. The van der Waals surface area contributed by atoms with Gasteiger partial charge in [-0.05, 0) is 17.5 Å². The molecule has 2 rings (SSSR count). The number of anilines is 1. The quantitative estimate of drug-likeness (QED) is 0.780. The van der Waals surface area contributed by atoms with Crippen molar-refractivity contribution in [2.24, 2.45) is 0 Å². The summed E-state index contributed by atoms with van der Waals surface area (Å²) >= 11 is 1.60. The highest BCUT2D eigenvalue weighted by molar-refractivity contribution is 7.12. The van der Waals surface area contributed by atoms with E-state index in [1.165, 1.54) is 4.88 Å². The molecule has 1 aromatic heterocycles. The second kappa shape index (κ2) is 5.48. The Morgan fingerprint density at radius 1 is 1.10 bits per heavy atom. The minimum Gasteiger partial charge on any atom is -0.378 e. The lowest BCUT2D eigenvalue weighted by Gasteiger charge is -2.15. The molecule has 0 spiro atoms. The molecular weight excluding hydrogens is 283 g/mol. The maximum atomic E-state index is 13.5. The van der Waals surface area contributed by atoms with Crippen LogP contribution in [0.2, 0.25) is 0 Å². The van der Waals surface area contributed by atoms with E-state index in [9.17, 15) is 13.2 Å². The third-order valence-corrected chi connectivity index (χ3v) is 4.36. The Kier molecular flexibility index (Phi) is 4.09. The first kappa shape index (κ1) is 14.9. The molecule has 0 saturated heterocycles. The van der Waals surface area contributed by atoms with Crippen molar-refractivity contribution in [3.8, 4) is 0 Å². The Morgan fingerprint density at radius 3 is 2.40 bits per heavy atom. The van der Waals surface area contributed by atoms with Crippen molar-refractivity contribution in [3.63, 3.8) is 0 Å². The maximum Gasteiger partial charge on any atom is 0.182 e. The standard InChI is InChI=1S/C15H16F3NS/c1-15(2,3)13-5-4-10(20-13)8-19-12-7-9(16)6-11(17)14(12)18/h4-7,19H,8H2,1-3H3. The predicted molar refractivity (Wildman–Crippen MR) is 76.7 cm³/mol. The van der Waals surface area contributed by atoms with Crippen LogP contribution in [0.5, 0.6) is 0 Å². The van der Waals surface area contributed by atoms with Crippen LogP contribution in [0.15, 0.2) is 24.3 Å². The van der Waals surface area contributed by atoms with E-state index in [1.54, 1.807) is 11.3 Å². The SMILES string of the molecule is CC(C)(C)c1ccc(CNc2cc(F)cc(F)c2F)s1. The fourth-order valence-electron chi connectivity index (χ4n) is 1.74. The van der Waals surface area contributed by atoms with Crippen LogP contribution in [0.1, 0.15) is 30.5 Å². The highest BCUT2D eigenvalue weighted by Crippen LogP contribution is 2.30. The minimum absolute atomic E-state index is 0.0547. The van der Waals surface area contributed by atoms with Gasteiger partial charge in [0.1, 0.15) is 5.82 Å². The first-order valence-electron chi connectivity index (χ1n) is 6.25. The Balaban J connectivity index is 2.11. The number of halogens is 3. The number of benzene rings is 1. The monoisotopic (exact) mass is 299 g/mol. The topological polar surface area (TPSA) is 12.0 Å². The molecular formula is C15H16F3NS.